The van der Waals surface area contributed by atoms with E-state index in [1.807, 2.05) is 0 Å². The lowest BCUT2D eigenvalue weighted by Gasteiger charge is -2.20. The molecule has 0 unspecified atom stereocenters. The molecule has 0 amide bonds. The number of hydrogen-bond donors (Lipinski definition) is 2. The zero-order chi connectivity index (χ0) is 27.4. The van der Waals surface area contributed by atoms with Crippen LogP contribution in [0.15, 0.2) is 18.2 Å². The minimum Gasteiger partial charge on any atom is -0.477 e. The number of anilines is 1. The number of rotatable bonds is 12. The van der Waals surface area contributed by atoms with Gasteiger partial charge in [0.2, 0.25) is 22.5 Å². The average Bonchev–Trinajstić information content (AvgIpc) is 2.77. The van der Waals surface area contributed by atoms with Gasteiger partial charge in [-0.2, -0.15) is 4.39 Å². The summed E-state index contributed by atoms with van der Waals surface area (Å²) in [5, 5.41) is 20.4. The Kier molecular flexibility index (Phi) is 9.26. The molecule has 0 saturated carbocycles. The number of halogens is 3. The second-order valence-corrected chi connectivity index (χ2v) is 10.7. The second kappa shape index (κ2) is 11.6. The van der Waals surface area contributed by atoms with E-state index in [1.165, 1.54) is 0 Å². The number of thiol groups is 1. The van der Waals surface area contributed by atoms with E-state index in [1.54, 1.807) is 6.92 Å². The van der Waals surface area contributed by atoms with Gasteiger partial charge in [0.1, 0.15) is 21.2 Å². The summed E-state index contributed by atoms with van der Waals surface area (Å²) in [4.78, 5) is 21.6. The van der Waals surface area contributed by atoms with Crippen molar-refractivity contribution in [2.24, 2.45) is 0 Å². The maximum atomic E-state index is 15.2. The Morgan fingerprint density at radius 3 is 2.36 bits per heavy atom. The Balaban J connectivity index is 2.53. The molecule has 0 aromatic heterocycles. The first-order valence-corrected chi connectivity index (χ1v) is 13.2. The van der Waals surface area contributed by atoms with E-state index in [4.69, 9.17) is 4.74 Å². The van der Waals surface area contributed by atoms with Gasteiger partial charge in [0.25, 0.3) is 5.69 Å². The van der Waals surface area contributed by atoms with Crippen LogP contribution in [0.2, 0.25) is 0 Å². The lowest BCUT2D eigenvalue weighted by molar-refractivity contribution is -0.385. The molecule has 16 heteroatoms. The van der Waals surface area contributed by atoms with Crippen molar-refractivity contribution in [3.8, 4) is 11.5 Å². The Bertz CT molecular complexity index is 1370. The molecule has 0 heterocycles. The third-order valence-electron chi connectivity index (χ3n) is 4.93. The fraction of sp³-hybridized carbons (Fsp3) is 0.350. The molecule has 0 saturated heterocycles. The van der Waals surface area contributed by atoms with Crippen molar-refractivity contribution in [1.82, 2.24) is 0 Å². The number of nitrogens with zero attached hydrogens (tertiary/aromatic N) is 2. The number of sulfone groups is 1. The number of nitro benzene ring substituents is 1. The van der Waals surface area contributed by atoms with Crippen LogP contribution in [0.25, 0.3) is 0 Å². The van der Waals surface area contributed by atoms with Gasteiger partial charge in [-0.15, -0.1) is 0 Å². The summed E-state index contributed by atoms with van der Waals surface area (Å²) in [6, 6.07) is 1.79. The quantitative estimate of drug-likeness (QED) is 0.173. The molecule has 2 aromatic rings. The molecule has 2 aromatic carbocycles. The van der Waals surface area contributed by atoms with Crippen molar-refractivity contribution in [1.29, 1.82) is 0 Å². The highest BCUT2D eigenvalue weighted by atomic mass is 32.2. The van der Waals surface area contributed by atoms with Gasteiger partial charge in [-0.1, -0.05) is 6.92 Å². The minimum atomic E-state index is -3.64. The Labute approximate surface area is 205 Å². The van der Waals surface area contributed by atoms with Crippen molar-refractivity contribution in [2.45, 2.75) is 26.7 Å². The molecular formula is C20H21F3N2O9S2. The first kappa shape index (κ1) is 28.8. The number of carbonyl (C=O) groups is 1. The molecule has 0 atom stereocenters. The van der Waals surface area contributed by atoms with Gasteiger partial charge in [0.15, 0.2) is 11.6 Å². The highest BCUT2D eigenvalue weighted by molar-refractivity contribution is 7.91. The topological polar surface area (TPSA) is 161 Å². The lowest BCUT2D eigenvalue weighted by atomic mass is 10.1. The number of ether oxygens (including phenoxy) is 1. The Morgan fingerprint density at radius 2 is 1.83 bits per heavy atom. The summed E-state index contributed by atoms with van der Waals surface area (Å²) in [5.41, 5.74) is -3.06. The van der Waals surface area contributed by atoms with Crippen LogP contribution < -0.4 is 9.04 Å². The van der Waals surface area contributed by atoms with E-state index >= 15 is 4.39 Å². The summed E-state index contributed by atoms with van der Waals surface area (Å²) in [5.74, 6) is -9.61. The van der Waals surface area contributed by atoms with Crippen LogP contribution in [-0.4, -0.2) is 50.9 Å². The van der Waals surface area contributed by atoms with Gasteiger partial charge < -0.3 is 9.84 Å². The molecule has 36 heavy (non-hydrogen) atoms. The fourth-order valence-electron chi connectivity index (χ4n) is 3.30. The monoisotopic (exact) mass is 554 g/mol. The molecule has 11 nitrogen and oxygen atoms in total. The van der Waals surface area contributed by atoms with Crippen LogP contribution in [0.1, 0.15) is 35.7 Å². The zero-order valence-electron chi connectivity index (χ0n) is 18.9. The number of benzene rings is 2. The van der Waals surface area contributed by atoms with Crippen LogP contribution >= 0.6 is 0 Å². The smallest absolute Gasteiger partial charge is 0.343 e. The summed E-state index contributed by atoms with van der Waals surface area (Å²) in [6.45, 7) is 2.10. The standard InChI is InChI=1S/C20H21F3N2O9S2/c1-3-8-36(32,33)9-4-7-24(35(30)31)14-10-12(21)17(22)19(18(14)23)34-15-6-5-13(25(28)29)16(11(15)2)20(26)27/h5-6,10,35H,3-4,7-9H2,1-2H3,(H,26,27). The van der Waals surface area contributed by atoms with Crippen LogP contribution in [0.5, 0.6) is 11.5 Å². The first-order valence-electron chi connectivity index (χ1n) is 10.2. The molecule has 0 aliphatic rings. The van der Waals surface area contributed by atoms with E-state index in [2.05, 4.69) is 0 Å². The van der Waals surface area contributed by atoms with Gasteiger partial charge in [0.05, 0.1) is 16.4 Å². The van der Waals surface area contributed by atoms with Gasteiger partial charge in [0, 0.05) is 30.0 Å². The van der Waals surface area contributed by atoms with Crippen molar-refractivity contribution < 1.29 is 49.6 Å². The summed E-state index contributed by atoms with van der Waals surface area (Å²) in [6.07, 6.45) is 0.0513. The molecule has 0 fully saturated rings. The van der Waals surface area contributed by atoms with Crippen molar-refractivity contribution in [2.75, 3.05) is 22.4 Å². The van der Waals surface area contributed by atoms with Crippen molar-refractivity contribution in [3.63, 3.8) is 0 Å². The van der Waals surface area contributed by atoms with Crippen LogP contribution in [0.3, 0.4) is 0 Å². The van der Waals surface area contributed by atoms with E-state index in [9.17, 15) is 45.6 Å². The van der Waals surface area contributed by atoms with Crippen LogP contribution in [0.4, 0.5) is 24.5 Å². The molecule has 0 radical (unpaired) electrons. The SMILES string of the molecule is CCCS(=O)(=O)CCCN(c1cc(F)c(F)c(Oc2ccc([N+](=O)[O-])c(C(=O)O)c2C)c1F)[SH](=O)=O. The van der Waals surface area contributed by atoms with Gasteiger partial charge in [-0.3, -0.25) is 14.4 Å². The average molecular weight is 555 g/mol. The van der Waals surface area contributed by atoms with E-state index in [-0.39, 0.29) is 18.2 Å². The number of carboxylic acids is 1. The zero-order valence-corrected chi connectivity index (χ0v) is 20.6. The molecule has 0 bridgehead atoms. The van der Waals surface area contributed by atoms with Crippen LogP contribution in [0, 0.1) is 34.5 Å². The normalized spacial score (nSPS) is 11.5. The third kappa shape index (κ3) is 6.42. The maximum absolute atomic E-state index is 15.2. The maximum Gasteiger partial charge on any atom is 0.343 e. The van der Waals surface area contributed by atoms with Crippen LogP contribution in [-0.2, 0) is 20.7 Å². The van der Waals surface area contributed by atoms with Crippen molar-refractivity contribution in [3.05, 3.63) is 56.9 Å². The molecule has 0 aliphatic carbocycles. The highest BCUT2D eigenvalue weighted by Crippen LogP contribution is 2.38. The van der Waals surface area contributed by atoms with E-state index in [0.29, 0.717) is 16.8 Å². The largest absolute Gasteiger partial charge is 0.477 e. The van der Waals surface area contributed by atoms with Crippen molar-refractivity contribution >= 4 is 38.1 Å². The summed E-state index contributed by atoms with van der Waals surface area (Å²) < 4.78 is 96.5. The van der Waals surface area contributed by atoms with Gasteiger partial charge >= 0.3 is 5.97 Å². The molecule has 198 valence electrons. The predicted octanol–water partition coefficient (Wildman–Crippen LogP) is 3.36. The lowest BCUT2D eigenvalue weighted by Crippen LogP contribution is -2.26. The summed E-state index contributed by atoms with van der Waals surface area (Å²) in [7, 11) is -7.14. The first-order chi connectivity index (χ1) is 16.7. The molecule has 1 N–H and O–H groups in total. The van der Waals surface area contributed by atoms with Gasteiger partial charge in [-0.05, 0) is 25.8 Å². The molecular weight excluding hydrogens is 533 g/mol. The van der Waals surface area contributed by atoms with Gasteiger partial charge in [-0.25, -0.2) is 30.4 Å². The predicted molar refractivity (Wildman–Crippen MR) is 122 cm³/mol. The minimum absolute atomic E-state index is 0.152. The Morgan fingerprint density at radius 1 is 1.19 bits per heavy atom. The molecule has 2 rings (SSSR count). The number of aromatic carboxylic acids is 1. The molecule has 0 spiro atoms. The fourth-order valence-corrected chi connectivity index (χ4v) is 5.32. The van der Waals surface area contributed by atoms with E-state index < -0.39 is 95.4 Å². The second-order valence-electron chi connectivity index (χ2n) is 7.45. The molecule has 0 aliphatic heterocycles. The number of carboxylic acid groups (broad SMARTS) is 1. The number of hydrogen-bond acceptors (Lipinski definition) is 8. The van der Waals surface area contributed by atoms with E-state index in [0.717, 1.165) is 13.0 Å². The summed E-state index contributed by atoms with van der Waals surface area (Å²) >= 11 is 0. The number of nitro groups is 1. The highest BCUT2D eigenvalue weighted by Gasteiger charge is 2.29. The third-order valence-corrected chi connectivity index (χ3v) is 7.68. The Hall–Kier alpha value is -3.40.